The Morgan fingerprint density at radius 3 is 2.52 bits per heavy atom. The summed E-state index contributed by atoms with van der Waals surface area (Å²) in [6.07, 6.45) is 0.898. The second-order valence-corrected chi connectivity index (χ2v) is 5.02. The van der Waals surface area contributed by atoms with Gasteiger partial charge in [-0.15, -0.1) is 0 Å². The molecule has 0 spiro atoms. The van der Waals surface area contributed by atoms with Gasteiger partial charge in [-0.25, -0.2) is 0 Å². The second kappa shape index (κ2) is 6.93. The quantitative estimate of drug-likeness (QED) is 0.861. The molecule has 2 rings (SSSR count). The maximum atomic E-state index is 12.4. The van der Waals surface area contributed by atoms with E-state index in [1.165, 1.54) is 0 Å². The van der Waals surface area contributed by atoms with E-state index < -0.39 is 0 Å². The molecule has 0 fully saturated rings. The Balaban J connectivity index is 2.20. The molecule has 0 atom stereocenters. The van der Waals surface area contributed by atoms with Crippen LogP contribution >= 0.6 is 0 Å². The van der Waals surface area contributed by atoms with Gasteiger partial charge in [-0.2, -0.15) is 0 Å². The van der Waals surface area contributed by atoms with Crippen molar-refractivity contribution in [3.05, 3.63) is 59.2 Å². The van der Waals surface area contributed by atoms with Crippen LogP contribution in [0, 0.1) is 6.92 Å². The summed E-state index contributed by atoms with van der Waals surface area (Å²) in [4.78, 5) is 12.4. The first-order chi connectivity index (χ1) is 10.2. The minimum atomic E-state index is -0.0588. The smallest absolute Gasteiger partial charge is 0.255 e. The first kappa shape index (κ1) is 15.1. The van der Waals surface area contributed by atoms with Crippen molar-refractivity contribution in [2.45, 2.75) is 27.2 Å². The molecule has 0 aliphatic heterocycles. The summed E-state index contributed by atoms with van der Waals surface area (Å²) in [5.74, 6) is -0.0588. The lowest BCUT2D eigenvalue weighted by atomic mass is 10.1. The molecule has 1 amide bonds. The van der Waals surface area contributed by atoms with Gasteiger partial charge in [-0.05, 0) is 55.7 Å². The minimum Gasteiger partial charge on any atom is -0.385 e. The average Bonchev–Trinajstić information content (AvgIpc) is 2.48. The first-order valence-electron chi connectivity index (χ1n) is 7.39. The predicted molar refractivity (Wildman–Crippen MR) is 89.1 cm³/mol. The topological polar surface area (TPSA) is 41.1 Å². The molecule has 0 saturated carbocycles. The molecule has 0 bridgehead atoms. The van der Waals surface area contributed by atoms with Gasteiger partial charge in [-0.1, -0.05) is 25.1 Å². The van der Waals surface area contributed by atoms with Crippen molar-refractivity contribution in [1.82, 2.24) is 0 Å². The Morgan fingerprint density at radius 1 is 1.10 bits per heavy atom. The fourth-order valence-corrected chi connectivity index (χ4v) is 2.37. The Bertz CT molecular complexity index is 635. The third-order valence-electron chi connectivity index (χ3n) is 3.50. The van der Waals surface area contributed by atoms with Crippen LogP contribution in [0.15, 0.2) is 42.5 Å². The molecule has 2 N–H and O–H groups in total. The molecule has 0 aromatic heterocycles. The van der Waals surface area contributed by atoms with E-state index in [2.05, 4.69) is 24.5 Å². The van der Waals surface area contributed by atoms with Crippen LogP contribution in [0.25, 0.3) is 0 Å². The number of aryl methyl sites for hydroxylation is 2. The van der Waals surface area contributed by atoms with Crippen molar-refractivity contribution in [3.8, 4) is 0 Å². The van der Waals surface area contributed by atoms with Crippen molar-refractivity contribution >= 4 is 17.3 Å². The highest BCUT2D eigenvalue weighted by Gasteiger charge is 2.11. The van der Waals surface area contributed by atoms with E-state index in [-0.39, 0.29) is 5.91 Å². The molecular formula is C18H22N2O. The van der Waals surface area contributed by atoms with Crippen LogP contribution in [0.2, 0.25) is 0 Å². The van der Waals surface area contributed by atoms with Crippen molar-refractivity contribution in [1.29, 1.82) is 0 Å². The van der Waals surface area contributed by atoms with Gasteiger partial charge in [0.15, 0.2) is 0 Å². The lowest BCUT2D eigenvalue weighted by molar-refractivity contribution is 0.102. The standard InChI is InChI=1S/C18H22N2O/c1-4-14-8-6-7-9-17(14)20-18(21)16-11-10-15(19-5-2)12-13(16)3/h6-12,19H,4-5H2,1-3H3,(H,20,21). The van der Waals surface area contributed by atoms with E-state index in [0.29, 0.717) is 5.56 Å². The van der Waals surface area contributed by atoms with E-state index in [4.69, 9.17) is 0 Å². The number of amides is 1. The molecule has 2 aromatic carbocycles. The lowest BCUT2D eigenvalue weighted by Crippen LogP contribution is -2.14. The van der Waals surface area contributed by atoms with Gasteiger partial charge >= 0.3 is 0 Å². The average molecular weight is 282 g/mol. The van der Waals surface area contributed by atoms with Gasteiger partial charge in [0.25, 0.3) is 5.91 Å². The zero-order valence-corrected chi connectivity index (χ0v) is 12.9. The van der Waals surface area contributed by atoms with Crippen molar-refractivity contribution in [3.63, 3.8) is 0 Å². The van der Waals surface area contributed by atoms with E-state index in [1.807, 2.05) is 49.4 Å². The predicted octanol–water partition coefficient (Wildman–Crippen LogP) is 4.24. The van der Waals surface area contributed by atoms with Gasteiger partial charge in [0.05, 0.1) is 0 Å². The molecule has 0 radical (unpaired) electrons. The Morgan fingerprint density at radius 2 is 1.86 bits per heavy atom. The number of anilines is 2. The lowest BCUT2D eigenvalue weighted by Gasteiger charge is -2.12. The van der Waals surface area contributed by atoms with Crippen LogP contribution < -0.4 is 10.6 Å². The molecule has 0 saturated heterocycles. The number of hydrogen-bond acceptors (Lipinski definition) is 2. The summed E-state index contributed by atoms with van der Waals surface area (Å²) < 4.78 is 0. The molecule has 3 nitrogen and oxygen atoms in total. The monoisotopic (exact) mass is 282 g/mol. The van der Waals surface area contributed by atoms with E-state index >= 15 is 0 Å². The number of carbonyl (C=O) groups excluding carboxylic acids is 1. The van der Waals surface area contributed by atoms with Crippen LogP contribution in [0.3, 0.4) is 0 Å². The summed E-state index contributed by atoms with van der Waals surface area (Å²) in [7, 11) is 0. The molecule has 0 unspecified atom stereocenters. The molecule has 2 aromatic rings. The number of para-hydroxylation sites is 1. The highest BCUT2D eigenvalue weighted by molar-refractivity contribution is 6.05. The SMILES string of the molecule is CCNc1ccc(C(=O)Nc2ccccc2CC)c(C)c1. The number of carbonyl (C=O) groups is 1. The number of nitrogens with one attached hydrogen (secondary N) is 2. The third-order valence-corrected chi connectivity index (χ3v) is 3.50. The van der Waals surface area contributed by atoms with Crippen LogP contribution in [0.5, 0.6) is 0 Å². The first-order valence-corrected chi connectivity index (χ1v) is 7.39. The van der Waals surface area contributed by atoms with Gasteiger partial charge in [0.2, 0.25) is 0 Å². The van der Waals surface area contributed by atoms with E-state index in [9.17, 15) is 4.79 Å². The Hall–Kier alpha value is -2.29. The molecular weight excluding hydrogens is 260 g/mol. The molecule has 110 valence electrons. The van der Waals surface area contributed by atoms with Crippen molar-refractivity contribution in [2.24, 2.45) is 0 Å². The van der Waals surface area contributed by atoms with Crippen molar-refractivity contribution in [2.75, 3.05) is 17.2 Å². The fourth-order valence-electron chi connectivity index (χ4n) is 2.37. The zero-order valence-electron chi connectivity index (χ0n) is 12.9. The molecule has 3 heteroatoms. The summed E-state index contributed by atoms with van der Waals surface area (Å²) in [5, 5.41) is 6.26. The largest absolute Gasteiger partial charge is 0.385 e. The Labute approximate surface area is 126 Å². The van der Waals surface area contributed by atoms with E-state index in [0.717, 1.165) is 35.5 Å². The highest BCUT2D eigenvalue weighted by Crippen LogP contribution is 2.19. The number of benzene rings is 2. The van der Waals surface area contributed by atoms with Crippen LogP contribution in [-0.4, -0.2) is 12.5 Å². The second-order valence-electron chi connectivity index (χ2n) is 5.02. The van der Waals surface area contributed by atoms with E-state index in [1.54, 1.807) is 0 Å². The minimum absolute atomic E-state index is 0.0588. The third kappa shape index (κ3) is 3.63. The zero-order chi connectivity index (χ0) is 15.2. The van der Waals surface area contributed by atoms with Crippen LogP contribution in [0.4, 0.5) is 11.4 Å². The maximum Gasteiger partial charge on any atom is 0.255 e. The summed E-state index contributed by atoms with van der Waals surface area (Å²) in [6, 6.07) is 13.7. The Kier molecular flexibility index (Phi) is 4.99. The van der Waals surface area contributed by atoms with Gasteiger partial charge in [0.1, 0.15) is 0 Å². The summed E-state index contributed by atoms with van der Waals surface area (Å²) in [6.45, 7) is 6.97. The molecule has 21 heavy (non-hydrogen) atoms. The molecule has 0 aliphatic carbocycles. The van der Waals surface area contributed by atoms with Crippen molar-refractivity contribution < 1.29 is 4.79 Å². The summed E-state index contributed by atoms with van der Waals surface area (Å²) >= 11 is 0. The highest BCUT2D eigenvalue weighted by atomic mass is 16.1. The maximum absolute atomic E-state index is 12.4. The normalized spacial score (nSPS) is 10.2. The molecule has 0 aliphatic rings. The number of rotatable bonds is 5. The van der Waals surface area contributed by atoms with Crippen LogP contribution in [-0.2, 0) is 6.42 Å². The van der Waals surface area contributed by atoms with Gasteiger partial charge in [-0.3, -0.25) is 4.79 Å². The summed E-state index contributed by atoms with van der Waals surface area (Å²) in [5.41, 5.74) is 4.76. The molecule has 0 heterocycles. The van der Waals surface area contributed by atoms with Gasteiger partial charge in [0, 0.05) is 23.5 Å². The number of hydrogen-bond donors (Lipinski definition) is 2. The fraction of sp³-hybridized carbons (Fsp3) is 0.278. The van der Waals surface area contributed by atoms with Crippen LogP contribution in [0.1, 0.15) is 35.3 Å². The van der Waals surface area contributed by atoms with Gasteiger partial charge < -0.3 is 10.6 Å².